The SMILES string of the molecule is C[C@H](Nc1ncc(C#N)c(-c2cnc3c(CF)cccn23)n1)c1cccc(N)c1. The summed E-state index contributed by atoms with van der Waals surface area (Å²) in [5.41, 5.74) is 9.81. The highest BCUT2D eigenvalue weighted by molar-refractivity contribution is 5.68. The number of alkyl halides is 1. The summed E-state index contributed by atoms with van der Waals surface area (Å²) in [4.78, 5) is 13.1. The number of fused-ring (bicyclic) bond motifs is 1. The van der Waals surface area contributed by atoms with Gasteiger partial charge in [-0.3, -0.25) is 4.40 Å². The van der Waals surface area contributed by atoms with Gasteiger partial charge in [-0.25, -0.2) is 19.3 Å². The minimum Gasteiger partial charge on any atom is -0.399 e. The molecule has 0 aliphatic heterocycles. The number of benzene rings is 1. The maximum absolute atomic E-state index is 13.3. The fourth-order valence-electron chi connectivity index (χ4n) is 3.18. The Morgan fingerprint density at radius 3 is 2.86 bits per heavy atom. The van der Waals surface area contributed by atoms with Gasteiger partial charge >= 0.3 is 0 Å². The molecule has 1 aromatic carbocycles. The van der Waals surface area contributed by atoms with Crippen LogP contribution in [0.1, 0.15) is 29.7 Å². The highest BCUT2D eigenvalue weighted by Crippen LogP contribution is 2.26. The van der Waals surface area contributed by atoms with E-state index in [-0.39, 0.29) is 6.04 Å². The Hall–Kier alpha value is -3.99. The molecule has 144 valence electrons. The maximum Gasteiger partial charge on any atom is 0.223 e. The number of nitrogens with zero attached hydrogens (tertiary/aromatic N) is 5. The number of anilines is 2. The molecule has 3 N–H and O–H groups in total. The van der Waals surface area contributed by atoms with Gasteiger partial charge < -0.3 is 11.1 Å². The van der Waals surface area contributed by atoms with Gasteiger partial charge in [0.2, 0.25) is 5.95 Å². The third kappa shape index (κ3) is 3.46. The number of hydrogen-bond donors (Lipinski definition) is 2. The number of imidazole rings is 1. The second-order valence-corrected chi connectivity index (χ2v) is 6.61. The molecule has 3 aromatic heterocycles. The van der Waals surface area contributed by atoms with Crippen molar-refractivity contribution in [2.24, 2.45) is 0 Å². The number of nitriles is 1. The molecule has 0 aliphatic carbocycles. The summed E-state index contributed by atoms with van der Waals surface area (Å²) in [6, 6.07) is 13.0. The zero-order chi connectivity index (χ0) is 20.4. The number of aromatic nitrogens is 4. The Balaban J connectivity index is 1.74. The molecular weight excluding hydrogens is 369 g/mol. The normalized spacial score (nSPS) is 11.9. The van der Waals surface area contributed by atoms with Gasteiger partial charge in [-0.2, -0.15) is 5.26 Å². The Morgan fingerprint density at radius 2 is 2.10 bits per heavy atom. The van der Waals surface area contributed by atoms with Crippen molar-refractivity contribution in [3.8, 4) is 17.5 Å². The van der Waals surface area contributed by atoms with Gasteiger partial charge in [-0.1, -0.05) is 18.2 Å². The van der Waals surface area contributed by atoms with Crippen molar-refractivity contribution in [2.75, 3.05) is 11.1 Å². The van der Waals surface area contributed by atoms with Crippen LogP contribution in [0, 0.1) is 11.3 Å². The molecule has 8 heteroatoms. The number of rotatable bonds is 5. The van der Waals surface area contributed by atoms with Gasteiger partial charge in [0.25, 0.3) is 0 Å². The summed E-state index contributed by atoms with van der Waals surface area (Å²) >= 11 is 0. The maximum atomic E-state index is 13.3. The van der Waals surface area contributed by atoms with E-state index in [1.54, 1.807) is 28.9 Å². The van der Waals surface area contributed by atoms with Crippen molar-refractivity contribution in [1.29, 1.82) is 5.26 Å². The van der Waals surface area contributed by atoms with Crippen molar-refractivity contribution in [2.45, 2.75) is 19.6 Å². The average molecular weight is 387 g/mol. The number of halogens is 1. The standard InChI is InChI=1S/C21H18FN7/c1-13(14-4-2-6-17(24)8-14)27-21-26-11-16(10-23)19(28-21)18-12-25-20-15(9-22)5-3-7-29(18)20/h2-8,11-13H,9,24H2,1H3,(H,26,27,28)/t13-/m0/s1. The van der Waals surface area contributed by atoms with Gasteiger partial charge in [0.05, 0.1) is 29.7 Å². The Labute approximate surface area is 166 Å². The van der Waals surface area contributed by atoms with Gasteiger partial charge in [0, 0.05) is 17.4 Å². The van der Waals surface area contributed by atoms with Crippen molar-refractivity contribution in [3.63, 3.8) is 0 Å². The first-order chi connectivity index (χ1) is 14.1. The molecule has 0 fully saturated rings. The van der Waals surface area contributed by atoms with Crippen LogP contribution in [0.3, 0.4) is 0 Å². The predicted octanol–water partition coefficient (Wildman–Crippen LogP) is 3.89. The fraction of sp³-hybridized carbons (Fsp3) is 0.143. The van der Waals surface area contributed by atoms with E-state index in [2.05, 4.69) is 26.3 Å². The molecular formula is C21H18FN7. The van der Waals surface area contributed by atoms with Crippen LogP contribution >= 0.6 is 0 Å². The summed E-state index contributed by atoms with van der Waals surface area (Å²) in [7, 11) is 0. The molecule has 4 rings (SSSR count). The van der Waals surface area contributed by atoms with Gasteiger partial charge in [-0.15, -0.1) is 0 Å². The minimum absolute atomic E-state index is 0.0976. The molecule has 0 unspecified atom stereocenters. The first kappa shape index (κ1) is 18.4. The highest BCUT2D eigenvalue weighted by atomic mass is 19.1. The lowest BCUT2D eigenvalue weighted by Gasteiger charge is -2.15. The lowest BCUT2D eigenvalue weighted by Crippen LogP contribution is -2.11. The number of nitrogens with two attached hydrogens (primary N) is 1. The Morgan fingerprint density at radius 1 is 1.24 bits per heavy atom. The Kier molecular flexibility index (Phi) is 4.79. The summed E-state index contributed by atoms with van der Waals surface area (Å²) in [6.45, 7) is 1.35. The number of pyridine rings is 1. The first-order valence-corrected chi connectivity index (χ1v) is 9.01. The molecule has 7 nitrogen and oxygen atoms in total. The van der Waals surface area contributed by atoms with E-state index in [0.29, 0.717) is 39.8 Å². The van der Waals surface area contributed by atoms with Crippen LogP contribution in [0.15, 0.2) is 55.0 Å². The van der Waals surface area contributed by atoms with E-state index in [1.807, 2.05) is 31.2 Å². The van der Waals surface area contributed by atoms with Crippen LogP contribution in [0.4, 0.5) is 16.0 Å². The summed E-state index contributed by atoms with van der Waals surface area (Å²) in [6.07, 6.45) is 4.82. The van der Waals surface area contributed by atoms with E-state index in [1.165, 1.54) is 6.20 Å². The zero-order valence-corrected chi connectivity index (χ0v) is 15.7. The van der Waals surface area contributed by atoms with E-state index in [9.17, 15) is 9.65 Å². The Bertz CT molecular complexity index is 1230. The largest absolute Gasteiger partial charge is 0.399 e. The zero-order valence-electron chi connectivity index (χ0n) is 15.7. The molecule has 0 saturated heterocycles. The number of nitrogen functional groups attached to an aromatic ring is 1. The van der Waals surface area contributed by atoms with Crippen LogP contribution in [-0.4, -0.2) is 19.4 Å². The molecule has 3 heterocycles. The molecule has 29 heavy (non-hydrogen) atoms. The smallest absolute Gasteiger partial charge is 0.223 e. The van der Waals surface area contributed by atoms with Crippen LogP contribution < -0.4 is 11.1 Å². The van der Waals surface area contributed by atoms with E-state index >= 15 is 0 Å². The van der Waals surface area contributed by atoms with Crippen molar-refractivity contribution in [3.05, 3.63) is 71.7 Å². The second-order valence-electron chi connectivity index (χ2n) is 6.61. The van der Waals surface area contributed by atoms with Crippen molar-refractivity contribution in [1.82, 2.24) is 19.4 Å². The summed E-state index contributed by atoms with van der Waals surface area (Å²) in [5.74, 6) is 0.366. The number of nitrogens with one attached hydrogen (secondary N) is 1. The lowest BCUT2D eigenvalue weighted by molar-refractivity contribution is 0.486. The van der Waals surface area contributed by atoms with Crippen molar-refractivity contribution < 1.29 is 4.39 Å². The van der Waals surface area contributed by atoms with E-state index in [4.69, 9.17) is 5.73 Å². The van der Waals surface area contributed by atoms with Gasteiger partial charge in [0.1, 0.15) is 24.1 Å². The van der Waals surface area contributed by atoms with Crippen LogP contribution in [0.2, 0.25) is 0 Å². The monoisotopic (exact) mass is 387 g/mol. The summed E-state index contributed by atoms with van der Waals surface area (Å²) in [5, 5.41) is 12.8. The summed E-state index contributed by atoms with van der Waals surface area (Å²) < 4.78 is 15.0. The molecule has 0 bridgehead atoms. The quantitative estimate of drug-likeness (QED) is 0.504. The molecule has 1 atom stereocenters. The van der Waals surface area contributed by atoms with Crippen LogP contribution in [0.25, 0.3) is 17.0 Å². The molecule has 0 radical (unpaired) electrons. The van der Waals surface area contributed by atoms with E-state index < -0.39 is 6.67 Å². The van der Waals surface area contributed by atoms with Crippen LogP contribution in [0.5, 0.6) is 0 Å². The number of hydrogen-bond acceptors (Lipinski definition) is 6. The predicted molar refractivity (Wildman–Crippen MR) is 109 cm³/mol. The first-order valence-electron chi connectivity index (χ1n) is 9.01. The molecule has 0 aliphatic rings. The third-order valence-corrected chi connectivity index (χ3v) is 4.67. The van der Waals surface area contributed by atoms with Gasteiger partial charge in [-0.05, 0) is 30.7 Å². The molecule has 0 amide bonds. The molecule has 0 spiro atoms. The minimum atomic E-state index is -0.625. The van der Waals surface area contributed by atoms with Crippen LogP contribution in [-0.2, 0) is 6.67 Å². The third-order valence-electron chi connectivity index (χ3n) is 4.67. The van der Waals surface area contributed by atoms with Crippen molar-refractivity contribution >= 4 is 17.3 Å². The second kappa shape index (κ2) is 7.56. The fourth-order valence-corrected chi connectivity index (χ4v) is 3.18. The highest BCUT2D eigenvalue weighted by Gasteiger charge is 2.16. The lowest BCUT2D eigenvalue weighted by atomic mass is 10.1. The van der Waals surface area contributed by atoms with Gasteiger partial charge in [0.15, 0.2) is 0 Å². The topological polar surface area (TPSA) is 105 Å². The average Bonchev–Trinajstić information content (AvgIpc) is 3.17. The van der Waals surface area contributed by atoms with E-state index in [0.717, 1.165) is 5.56 Å². The molecule has 4 aromatic rings. The molecule has 0 saturated carbocycles.